The molecule has 0 aromatic heterocycles. The van der Waals surface area contributed by atoms with Crippen LogP contribution in [0.2, 0.25) is 5.02 Å². The van der Waals surface area contributed by atoms with E-state index in [4.69, 9.17) is 16.3 Å². The minimum atomic E-state index is -1.16. The van der Waals surface area contributed by atoms with Gasteiger partial charge in [0.15, 0.2) is 0 Å². The molecule has 3 N–H and O–H groups in total. The second-order valence-electron chi connectivity index (χ2n) is 8.91. The van der Waals surface area contributed by atoms with Gasteiger partial charge in [-0.3, -0.25) is 14.9 Å². The molecule has 34 heavy (non-hydrogen) atoms. The van der Waals surface area contributed by atoms with Gasteiger partial charge in [-0.25, -0.2) is 0 Å². The third-order valence-corrected chi connectivity index (χ3v) is 7.06. The number of nitrogens with one attached hydrogen (secondary N) is 3. The largest absolute Gasteiger partial charge is 0.495 e. The Hall–Kier alpha value is -3.35. The zero-order chi connectivity index (χ0) is 23.9. The lowest BCUT2D eigenvalue weighted by Gasteiger charge is -2.29. The quantitative estimate of drug-likeness (QED) is 0.501. The molecular weight excluding hydrogens is 450 g/mol. The summed E-state index contributed by atoms with van der Waals surface area (Å²) in [7, 11) is 1.54. The molecule has 2 aliphatic heterocycles. The van der Waals surface area contributed by atoms with E-state index in [-0.39, 0.29) is 17.9 Å². The zero-order valence-corrected chi connectivity index (χ0v) is 19.8. The first-order valence-electron chi connectivity index (χ1n) is 11.3. The monoisotopic (exact) mass is 475 g/mol. The van der Waals surface area contributed by atoms with Crippen LogP contribution in [0.3, 0.4) is 0 Å². The van der Waals surface area contributed by atoms with Gasteiger partial charge in [0.05, 0.1) is 18.7 Å². The van der Waals surface area contributed by atoms with Gasteiger partial charge < -0.3 is 15.4 Å². The van der Waals surface area contributed by atoms with Crippen molar-refractivity contribution >= 4 is 34.8 Å². The van der Waals surface area contributed by atoms with Crippen molar-refractivity contribution in [1.29, 1.82) is 0 Å². The molecule has 2 amide bonds. The molecule has 0 unspecified atom stereocenters. The zero-order valence-electron chi connectivity index (χ0n) is 19.0. The molecule has 0 bridgehead atoms. The number of halogens is 1. The number of para-hydroxylation sites is 1. The Labute approximate surface area is 203 Å². The maximum atomic E-state index is 13.8. The number of amides is 2. The van der Waals surface area contributed by atoms with Crippen molar-refractivity contribution < 1.29 is 14.3 Å². The van der Waals surface area contributed by atoms with Gasteiger partial charge in [-0.15, -0.1) is 0 Å². The minimum absolute atomic E-state index is 0.0587. The number of rotatable bonds is 5. The van der Waals surface area contributed by atoms with Gasteiger partial charge in [0, 0.05) is 22.3 Å². The maximum absolute atomic E-state index is 13.8. The van der Waals surface area contributed by atoms with Gasteiger partial charge in [-0.2, -0.15) is 0 Å². The van der Waals surface area contributed by atoms with E-state index in [0.717, 1.165) is 22.4 Å². The van der Waals surface area contributed by atoms with E-state index in [1.54, 1.807) is 18.2 Å². The van der Waals surface area contributed by atoms with Crippen LogP contribution in [0.5, 0.6) is 5.75 Å². The number of carbonyl (C=O) groups is 2. The lowest BCUT2D eigenvalue weighted by molar-refractivity contribution is -0.130. The third-order valence-electron chi connectivity index (χ3n) is 6.83. The SMILES string of the molecule is COc1ccc(Cl)cc1NC(=O)[C@H]1C[C@H](Cc2ccccc2)N[C@]12C(=O)Nc1c(C)cccc12. The van der Waals surface area contributed by atoms with Gasteiger partial charge in [0.1, 0.15) is 11.3 Å². The normalized spacial score (nSPS) is 23.0. The summed E-state index contributed by atoms with van der Waals surface area (Å²) in [5.41, 5.74) is 3.02. The number of carbonyl (C=O) groups excluding carboxylic acids is 2. The fraction of sp³-hybridized carbons (Fsp3) is 0.259. The number of hydrogen-bond donors (Lipinski definition) is 3. The Morgan fingerprint density at radius 2 is 1.94 bits per heavy atom. The van der Waals surface area contributed by atoms with Crippen LogP contribution in [0.25, 0.3) is 0 Å². The van der Waals surface area contributed by atoms with E-state index in [1.807, 2.05) is 43.3 Å². The Bertz CT molecular complexity index is 1260. The molecule has 1 fully saturated rings. The average Bonchev–Trinajstić information content (AvgIpc) is 3.34. The Kier molecular flexibility index (Phi) is 5.80. The fourth-order valence-electron chi connectivity index (χ4n) is 5.26. The Balaban J connectivity index is 1.54. The molecule has 3 aromatic carbocycles. The molecule has 0 aliphatic carbocycles. The highest BCUT2D eigenvalue weighted by Gasteiger charge is 2.60. The smallest absolute Gasteiger partial charge is 0.250 e. The number of hydrogen-bond acceptors (Lipinski definition) is 4. The van der Waals surface area contributed by atoms with Crippen molar-refractivity contribution in [3.63, 3.8) is 0 Å². The van der Waals surface area contributed by atoms with E-state index in [2.05, 4.69) is 28.1 Å². The number of anilines is 2. The lowest BCUT2D eigenvalue weighted by atomic mass is 9.79. The molecule has 2 heterocycles. The van der Waals surface area contributed by atoms with E-state index in [0.29, 0.717) is 29.3 Å². The summed E-state index contributed by atoms with van der Waals surface area (Å²) in [5.74, 6) is -0.586. The molecule has 7 heteroatoms. The Morgan fingerprint density at radius 1 is 1.15 bits per heavy atom. The highest BCUT2D eigenvalue weighted by molar-refractivity contribution is 6.31. The van der Waals surface area contributed by atoms with E-state index in [1.165, 1.54) is 7.11 Å². The average molecular weight is 476 g/mol. The van der Waals surface area contributed by atoms with Crippen molar-refractivity contribution in [1.82, 2.24) is 5.32 Å². The van der Waals surface area contributed by atoms with Crippen LogP contribution in [0.15, 0.2) is 66.7 Å². The van der Waals surface area contributed by atoms with Gasteiger partial charge in [-0.05, 0) is 49.1 Å². The highest BCUT2D eigenvalue weighted by atomic mass is 35.5. The van der Waals surface area contributed by atoms with Crippen LogP contribution in [0, 0.1) is 12.8 Å². The van der Waals surface area contributed by atoms with Crippen molar-refractivity contribution in [2.75, 3.05) is 17.7 Å². The maximum Gasteiger partial charge on any atom is 0.250 e. The third kappa shape index (κ3) is 3.73. The molecular formula is C27H26ClN3O3. The van der Waals surface area contributed by atoms with E-state index < -0.39 is 11.5 Å². The van der Waals surface area contributed by atoms with Gasteiger partial charge in [0.25, 0.3) is 0 Å². The second-order valence-corrected chi connectivity index (χ2v) is 9.35. The minimum Gasteiger partial charge on any atom is -0.495 e. The predicted molar refractivity (Wildman–Crippen MR) is 133 cm³/mol. The van der Waals surface area contributed by atoms with Crippen LogP contribution in [0.1, 0.15) is 23.1 Å². The van der Waals surface area contributed by atoms with Gasteiger partial charge in [-0.1, -0.05) is 60.1 Å². The predicted octanol–water partition coefficient (Wildman–Crippen LogP) is 4.66. The summed E-state index contributed by atoms with van der Waals surface area (Å²) < 4.78 is 5.41. The summed E-state index contributed by atoms with van der Waals surface area (Å²) in [6, 6.07) is 20.9. The first-order chi connectivity index (χ1) is 16.4. The first kappa shape index (κ1) is 22.4. The molecule has 5 rings (SSSR count). The van der Waals surface area contributed by atoms with Crippen molar-refractivity contribution in [3.05, 3.63) is 88.4 Å². The summed E-state index contributed by atoms with van der Waals surface area (Å²) in [6.45, 7) is 1.96. The van der Waals surface area contributed by atoms with Crippen LogP contribution in [-0.4, -0.2) is 25.0 Å². The van der Waals surface area contributed by atoms with Gasteiger partial charge >= 0.3 is 0 Å². The first-order valence-corrected chi connectivity index (χ1v) is 11.7. The van der Waals surface area contributed by atoms with Gasteiger partial charge in [0.2, 0.25) is 11.8 Å². The molecule has 0 radical (unpaired) electrons. The van der Waals surface area contributed by atoms with Crippen molar-refractivity contribution in [3.8, 4) is 5.75 Å². The Morgan fingerprint density at radius 3 is 2.71 bits per heavy atom. The molecule has 2 aliphatic rings. The lowest BCUT2D eigenvalue weighted by Crippen LogP contribution is -2.52. The molecule has 1 spiro atoms. The summed E-state index contributed by atoms with van der Waals surface area (Å²) >= 11 is 6.18. The summed E-state index contributed by atoms with van der Waals surface area (Å²) in [5, 5.41) is 10.1. The standard InChI is InChI=1S/C27H26ClN3O3/c1-16-7-6-10-20-24(16)30-26(33)27(20)21(15-19(31-27)13-17-8-4-3-5-9-17)25(32)29-22-14-18(28)11-12-23(22)34-2/h3-12,14,19,21,31H,13,15H2,1-2H3,(H,29,32)(H,30,33)/t19-,21+,27-/m0/s1. The van der Waals surface area contributed by atoms with Crippen LogP contribution >= 0.6 is 11.6 Å². The number of aryl methyl sites for hydroxylation is 1. The van der Waals surface area contributed by atoms with Crippen LogP contribution in [0.4, 0.5) is 11.4 Å². The summed E-state index contributed by atoms with van der Waals surface area (Å²) in [4.78, 5) is 27.3. The summed E-state index contributed by atoms with van der Waals surface area (Å²) in [6.07, 6.45) is 1.21. The molecule has 3 aromatic rings. The fourth-order valence-corrected chi connectivity index (χ4v) is 5.44. The second kappa shape index (κ2) is 8.78. The molecule has 0 saturated carbocycles. The van der Waals surface area contributed by atoms with Crippen LogP contribution < -0.4 is 20.7 Å². The van der Waals surface area contributed by atoms with Crippen LogP contribution in [-0.2, 0) is 21.5 Å². The van der Waals surface area contributed by atoms with Crippen molar-refractivity contribution in [2.45, 2.75) is 31.3 Å². The number of methoxy groups -OCH3 is 1. The highest BCUT2D eigenvalue weighted by Crippen LogP contribution is 2.48. The van der Waals surface area contributed by atoms with E-state index >= 15 is 0 Å². The molecule has 6 nitrogen and oxygen atoms in total. The molecule has 3 atom stereocenters. The topological polar surface area (TPSA) is 79.5 Å². The van der Waals surface area contributed by atoms with Crippen molar-refractivity contribution in [2.24, 2.45) is 5.92 Å². The number of fused-ring (bicyclic) bond motifs is 2. The molecule has 1 saturated heterocycles. The van der Waals surface area contributed by atoms with E-state index in [9.17, 15) is 9.59 Å². The number of benzene rings is 3. The molecule has 174 valence electrons. The number of ether oxygens (including phenoxy) is 1.